The van der Waals surface area contributed by atoms with Crippen molar-refractivity contribution in [3.8, 4) is 0 Å². The fourth-order valence-corrected chi connectivity index (χ4v) is 3.70. The van der Waals surface area contributed by atoms with E-state index in [-0.39, 0.29) is 6.04 Å². The Morgan fingerprint density at radius 1 is 1.47 bits per heavy atom. The van der Waals surface area contributed by atoms with Crippen LogP contribution in [0.25, 0.3) is 0 Å². The predicted octanol–water partition coefficient (Wildman–Crippen LogP) is 3.18. The Morgan fingerprint density at radius 3 is 3.12 bits per heavy atom. The minimum atomic E-state index is 0.103. The van der Waals surface area contributed by atoms with Gasteiger partial charge in [0.15, 0.2) is 0 Å². The van der Waals surface area contributed by atoms with Crippen LogP contribution >= 0.6 is 11.3 Å². The van der Waals surface area contributed by atoms with Gasteiger partial charge in [-0.25, -0.2) is 0 Å². The summed E-state index contributed by atoms with van der Waals surface area (Å²) in [6.07, 6.45) is 4.13. The predicted molar refractivity (Wildman–Crippen MR) is 71.3 cm³/mol. The summed E-state index contributed by atoms with van der Waals surface area (Å²) in [6, 6.07) is 6.44. The Labute approximate surface area is 106 Å². The molecule has 0 radical (unpaired) electrons. The van der Waals surface area contributed by atoms with E-state index < -0.39 is 0 Å². The Morgan fingerprint density at radius 2 is 2.35 bits per heavy atom. The van der Waals surface area contributed by atoms with Crippen molar-refractivity contribution in [1.29, 1.82) is 0 Å². The van der Waals surface area contributed by atoms with Crippen molar-refractivity contribution < 1.29 is 0 Å². The van der Waals surface area contributed by atoms with E-state index in [1.54, 1.807) is 11.3 Å². The number of hydrogen-bond acceptors (Lipinski definition) is 3. The van der Waals surface area contributed by atoms with E-state index in [0.29, 0.717) is 5.92 Å². The van der Waals surface area contributed by atoms with Gasteiger partial charge in [-0.05, 0) is 48.4 Å². The molecular weight excluding hydrogens is 228 g/mol. The molecule has 0 aliphatic heterocycles. The first-order chi connectivity index (χ1) is 8.27. The summed E-state index contributed by atoms with van der Waals surface area (Å²) in [6.45, 7) is 2.14. The molecule has 3 rings (SSSR count). The normalized spacial score (nSPS) is 20.2. The van der Waals surface area contributed by atoms with Crippen LogP contribution in [0.4, 0.5) is 0 Å². The molecule has 1 aliphatic rings. The van der Waals surface area contributed by atoms with Crippen molar-refractivity contribution in [2.75, 3.05) is 0 Å². The zero-order valence-corrected chi connectivity index (χ0v) is 10.7. The van der Waals surface area contributed by atoms with Crippen LogP contribution in [-0.4, -0.2) is 4.98 Å². The van der Waals surface area contributed by atoms with Crippen LogP contribution in [0.1, 0.15) is 40.1 Å². The van der Waals surface area contributed by atoms with E-state index in [1.165, 1.54) is 21.7 Å². The molecule has 2 atom stereocenters. The van der Waals surface area contributed by atoms with Crippen molar-refractivity contribution in [3.63, 3.8) is 0 Å². The molecule has 3 heteroatoms. The number of aryl methyl sites for hydroxylation is 2. The van der Waals surface area contributed by atoms with Crippen LogP contribution in [0.5, 0.6) is 0 Å². The molecule has 0 bridgehead atoms. The van der Waals surface area contributed by atoms with E-state index in [0.717, 1.165) is 12.8 Å². The van der Waals surface area contributed by atoms with Gasteiger partial charge in [0.1, 0.15) is 0 Å². The van der Waals surface area contributed by atoms with Gasteiger partial charge in [0.2, 0.25) is 0 Å². The maximum atomic E-state index is 6.43. The maximum absolute atomic E-state index is 6.43. The van der Waals surface area contributed by atoms with Gasteiger partial charge in [-0.2, -0.15) is 0 Å². The fourth-order valence-electron chi connectivity index (χ4n) is 2.70. The summed E-state index contributed by atoms with van der Waals surface area (Å²) < 4.78 is 0. The average Bonchev–Trinajstić information content (AvgIpc) is 2.94. The van der Waals surface area contributed by atoms with Crippen LogP contribution in [0.15, 0.2) is 29.8 Å². The SMILES string of the molecule is Cc1ccsc1C(N)C1CCc2cccnc21. The molecule has 17 heavy (non-hydrogen) atoms. The number of rotatable bonds is 2. The number of thiophene rings is 1. The van der Waals surface area contributed by atoms with Crippen LogP contribution in [-0.2, 0) is 6.42 Å². The van der Waals surface area contributed by atoms with E-state index in [2.05, 4.69) is 29.4 Å². The monoisotopic (exact) mass is 244 g/mol. The number of pyridine rings is 1. The zero-order chi connectivity index (χ0) is 11.8. The average molecular weight is 244 g/mol. The van der Waals surface area contributed by atoms with Gasteiger partial charge in [-0.3, -0.25) is 4.98 Å². The molecule has 0 saturated heterocycles. The Hall–Kier alpha value is -1.19. The summed E-state index contributed by atoms with van der Waals surface area (Å²) in [5, 5.41) is 2.12. The van der Waals surface area contributed by atoms with Crippen molar-refractivity contribution in [2.24, 2.45) is 5.73 Å². The third-order valence-electron chi connectivity index (χ3n) is 3.64. The van der Waals surface area contributed by atoms with Crippen molar-refractivity contribution >= 4 is 11.3 Å². The van der Waals surface area contributed by atoms with E-state index >= 15 is 0 Å². The summed E-state index contributed by atoms with van der Waals surface area (Å²) in [4.78, 5) is 5.84. The van der Waals surface area contributed by atoms with Crippen molar-refractivity contribution in [2.45, 2.75) is 31.7 Å². The molecule has 2 aromatic rings. The lowest BCUT2D eigenvalue weighted by molar-refractivity contribution is 0.546. The molecule has 0 fully saturated rings. The molecule has 2 aromatic heterocycles. The highest BCUT2D eigenvalue weighted by molar-refractivity contribution is 7.10. The minimum absolute atomic E-state index is 0.103. The van der Waals surface area contributed by atoms with Gasteiger partial charge in [0.05, 0.1) is 0 Å². The summed E-state index contributed by atoms with van der Waals surface area (Å²) >= 11 is 1.77. The van der Waals surface area contributed by atoms with Crippen molar-refractivity contribution in [3.05, 3.63) is 51.5 Å². The van der Waals surface area contributed by atoms with Gasteiger partial charge in [-0.1, -0.05) is 6.07 Å². The molecular formula is C14H16N2S. The fraction of sp³-hybridized carbons (Fsp3) is 0.357. The highest BCUT2D eigenvalue weighted by atomic mass is 32.1. The number of nitrogens with two attached hydrogens (primary N) is 1. The summed E-state index contributed by atoms with van der Waals surface area (Å²) in [5.74, 6) is 0.392. The van der Waals surface area contributed by atoms with Crippen LogP contribution in [0.2, 0.25) is 0 Å². The minimum Gasteiger partial charge on any atom is -0.323 e. The lowest BCUT2D eigenvalue weighted by Gasteiger charge is -2.19. The van der Waals surface area contributed by atoms with E-state index in [1.807, 2.05) is 12.3 Å². The lowest BCUT2D eigenvalue weighted by atomic mass is 9.95. The molecule has 0 amide bonds. The van der Waals surface area contributed by atoms with Crippen LogP contribution in [0.3, 0.4) is 0 Å². The second kappa shape index (κ2) is 4.24. The quantitative estimate of drug-likeness (QED) is 0.881. The molecule has 0 spiro atoms. The molecule has 2 unspecified atom stereocenters. The first kappa shape index (κ1) is 10.9. The van der Waals surface area contributed by atoms with Crippen LogP contribution in [0, 0.1) is 6.92 Å². The smallest absolute Gasteiger partial charge is 0.0485 e. The highest BCUT2D eigenvalue weighted by Gasteiger charge is 2.30. The second-order valence-electron chi connectivity index (χ2n) is 4.69. The Balaban J connectivity index is 1.95. The third kappa shape index (κ3) is 1.79. The van der Waals surface area contributed by atoms with E-state index in [4.69, 9.17) is 5.73 Å². The first-order valence-corrected chi connectivity index (χ1v) is 6.88. The van der Waals surface area contributed by atoms with Gasteiger partial charge < -0.3 is 5.73 Å². The molecule has 2 N–H and O–H groups in total. The standard InChI is InChI=1S/C14H16N2S/c1-9-6-8-17-14(9)12(15)11-5-4-10-3-2-7-16-13(10)11/h2-3,6-8,11-12H,4-5,15H2,1H3. The molecule has 1 aliphatic carbocycles. The Kier molecular flexibility index (Phi) is 2.73. The number of nitrogens with zero attached hydrogens (tertiary/aromatic N) is 1. The number of hydrogen-bond donors (Lipinski definition) is 1. The van der Waals surface area contributed by atoms with Gasteiger partial charge in [-0.15, -0.1) is 11.3 Å². The van der Waals surface area contributed by atoms with Gasteiger partial charge in [0.25, 0.3) is 0 Å². The Bertz CT molecular complexity index is 533. The van der Waals surface area contributed by atoms with Crippen molar-refractivity contribution in [1.82, 2.24) is 4.98 Å². The zero-order valence-electron chi connectivity index (χ0n) is 9.89. The largest absolute Gasteiger partial charge is 0.323 e. The molecule has 0 aromatic carbocycles. The van der Waals surface area contributed by atoms with Gasteiger partial charge in [0, 0.05) is 28.7 Å². The number of fused-ring (bicyclic) bond motifs is 1. The second-order valence-corrected chi connectivity index (χ2v) is 5.63. The molecule has 0 saturated carbocycles. The maximum Gasteiger partial charge on any atom is 0.0485 e. The summed E-state index contributed by atoms with van der Waals surface area (Å²) in [7, 11) is 0. The molecule has 2 nitrogen and oxygen atoms in total. The lowest BCUT2D eigenvalue weighted by Crippen LogP contribution is -2.18. The first-order valence-electron chi connectivity index (χ1n) is 6.00. The highest BCUT2D eigenvalue weighted by Crippen LogP contribution is 2.41. The molecule has 88 valence electrons. The summed E-state index contributed by atoms with van der Waals surface area (Å²) in [5.41, 5.74) is 10.3. The number of aromatic nitrogens is 1. The van der Waals surface area contributed by atoms with Gasteiger partial charge >= 0.3 is 0 Å². The molecule has 2 heterocycles. The topological polar surface area (TPSA) is 38.9 Å². The van der Waals surface area contributed by atoms with Crippen LogP contribution < -0.4 is 5.73 Å². The van der Waals surface area contributed by atoms with E-state index in [9.17, 15) is 0 Å². The third-order valence-corrected chi connectivity index (χ3v) is 4.76.